The zero-order chi connectivity index (χ0) is 17.8. The molecule has 25 heavy (non-hydrogen) atoms. The molecule has 0 aliphatic heterocycles. The molecule has 0 saturated carbocycles. The van der Waals surface area contributed by atoms with Crippen LogP contribution in [-0.2, 0) is 0 Å². The molecular weight excluding hydrogens is 323 g/mol. The van der Waals surface area contributed by atoms with Gasteiger partial charge in [-0.3, -0.25) is 0 Å². The highest BCUT2D eigenvalue weighted by molar-refractivity contribution is 5.95. The Kier molecular flexibility index (Phi) is 4.95. The van der Waals surface area contributed by atoms with E-state index in [4.69, 9.17) is 4.74 Å². The van der Waals surface area contributed by atoms with E-state index in [9.17, 15) is 9.50 Å². The Bertz CT molecular complexity index is 881. The number of hydrogen-bond donors (Lipinski definition) is 2. The number of aromatic hydroxyl groups is 1. The summed E-state index contributed by atoms with van der Waals surface area (Å²) in [7, 11) is 3.95. The van der Waals surface area contributed by atoms with Gasteiger partial charge in [-0.15, -0.1) is 0 Å². The quantitative estimate of drug-likeness (QED) is 0.671. The summed E-state index contributed by atoms with van der Waals surface area (Å²) < 4.78 is 19.4. The molecule has 0 amide bonds. The number of ether oxygens (including phenoxy) is 1. The maximum atomic E-state index is 13.6. The Morgan fingerprint density at radius 3 is 2.80 bits per heavy atom. The fourth-order valence-electron chi connectivity index (χ4n) is 2.35. The van der Waals surface area contributed by atoms with Crippen molar-refractivity contribution in [2.24, 2.45) is 0 Å². The molecule has 0 atom stereocenters. The standard InChI is InChI=1S/C18H19FN4O2/c1-23(2)8-9-25-16-5-3-4-14-17(16)18(21-11-20-14)22-12-6-7-15(24)13(19)10-12/h3-7,10-11,24H,8-9H2,1-2H3,(H,20,21,22). The van der Waals surface area contributed by atoms with Crippen molar-refractivity contribution in [2.75, 3.05) is 32.6 Å². The summed E-state index contributed by atoms with van der Waals surface area (Å²) in [6.07, 6.45) is 1.44. The third-order valence-corrected chi connectivity index (χ3v) is 3.63. The number of hydrogen-bond acceptors (Lipinski definition) is 6. The summed E-state index contributed by atoms with van der Waals surface area (Å²) in [5.74, 6) is 0.0638. The molecule has 0 fully saturated rings. The summed E-state index contributed by atoms with van der Waals surface area (Å²) >= 11 is 0. The molecule has 0 aliphatic carbocycles. The van der Waals surface area contributed by atoms with Crippen LogP contribution in [-0.4, -0.2) is 47.2 Å². The summed E-state index contributed by atoms with van der Waals surface area (Å²) in [5, 5.41) is 13.1. The molecule has 1 heterocycles. The normalized spacial score (nSPS) is 11.0. The van der Waals surface area contributed by atoms with Crippen LogP contribution in [0.1, 0.15) is 0 Å². The minimum Gasteiger partial charge on any atom is -0.505 e. The number of phenolic OH excluding ortho intramolecular Hbond substituents is 1. The van der Waals surface area contributed by atoms with E-state index in [1.165, 1.54) is 18.5 Å². The number of nitrogens with zero attached hydrogens (tertiary/aromatic N) is 3. The van der Waals surface area contributed by atoms with E-state index in [-0.39, 0.29) is 0 Å². The van der Waals surface area contributed by atoms with E-state index >= 15 is 0 Å². The molecule has 2 aromatic carbocycles. The number of nitrogens with one attached hydrogen (secondary N) is 1. The lowest BCUT2D eigenvalue weighted by atomic mass is 10.2. The van der Waals surface area contributed by atoms with Crippen LogP contribution in [0.2, 0.25) is 0 Å². The second-order valence-corrected chi connectivity index (χ2v) is 5.82. The molecule has 3 rings (SSSR count). The van der Waals surface area contributed by atoms with Gasteiger partial charge in [0, 0.05) is 18.3 Å². The topological polar surface area (TPSA) is 70.5 Å². The Hall–Kier alpha value is -2.93. The average Bonchev–Trinajstić information content (AvgIpc) is 2.58. The third-order valence-electron chi connectivity index (χ3n) is 3.63. The molecule has 6 nitrogen and oxygen atoms in total. The van der Waals surface area contributed by atoms with Crippen LogP contribution in [0.25, 0.3) is 10.9 Å². The zero-order valence-corrected chi connectivity index (χ0v) is 14.0. The molecule has 0 unspecified atom stereocenters. The predicted molar refractivity (Wildman–Crippen MR) is 94.9 cm³/mol. The van der Waals surface area contributed by atoms with Crippen molar-refractivity contribution in [1.29, 1.82) is 0 Å². The summed E-state index contributed by atoms with van der Waals surface area (Å²) in [6.45, 7) is 1.30. The van der Waals surface area contributed by atoms with Crippen molar-refractivity contribution in [3.8, 4) is 11.5 Å². The van der Waals surface area contributed by atoms with Crippen molar-refractivity contribution in [3.63, 3.8) is 0 Å². The van der Waals surface area contributed by atoms with E-state index < -0.39 is 11.6 Å². The van der Waals surface area contributed by atoms with E-state index in [2.05, 4.69) is 15.3 Å². The van der Waals surface area contributed by atoms with Crippen LogP contribution >= 0.6 is 0 Å². The lowest BCUT2D eigenvalue weighted by Gasteiger charge is -2.14. The number of anilines is 2. The molecule has 0 bridgehead atoms. The summed E-state index contributed by atoms with van der Waals surface area (Å²) in [6, 6.07) is 9.64. The molecule has 130 valence electrons. The Morgan fingerprint density at radius 1 is 1.20 bits per heavy atom. The summed E-state index contributed by atoms with van der Waals surface area (Å²) in [5.41, 5.74) is 1.19. The molecule has 3 aromatic rings. The van der Waals surface area contributed by atoms with Crippen LogP contribution in [0.15, 0.2) is 42.7 Å². The zero-order valence-electron chi connectivity index (χ0n) is 14.0. The fraction of sp³-hybridized carbons (Fsp3) is 0.222. The minimum absolute atomic E-state index is 0.397. The number of likely N-dealkylation sites (N-methyl/N-ethyl adjacent to an activating group) is 1. The molecule has 2 N–H and O–H groups in total. The van der Waals surface area contributed by atoms with Crippen molar-refractivity contribution in [1.82, 2.24) is 14.9 Å². The van der Waals surface area contributed by atoms with Crippen molar-refractivity contribution < 1.29 is 14.2 Å². The van der Waals surface area contributed by atoms with E-state index in [0.717, 1.165) is 17.4 Å². The van der Waals surface area contributed by atoms with Crippen molar-refractivity contribution in [3.05, 3.63) is 48.5 Å². The monoisotopic (exact) mass is 342 g/mol. The van der Waals surface area contributed by atoms with Gasteiger partial charge in [-0.05, 0) is 38.4 Å². The van der Waals surface area contributed by atoms with Gasteiger partial charge in [-0.25, -0.2) is 14.4 Å². The van der Waals surface area contributed by atoms with Gasteiger partial charge in [0.2, 0.25) is 0 Å². The van der Waals surface area contributed by atoms with Gasteiger partial charge in [0.15, 0.2) is 11.6 Å². The average molecular weight is 342 g/mol. The SMILES string of the molecule is CN(C)CCOc1cccc2ncnc(Nc3ccc(O)c(F)c3)c12. The first kappa shape index (κ1) is 16.9. The smallest absolute Gasteiger partial charge is 0.166 e. The number of halogens is 1. The third kappa shape index (κ3) is 3.95. The van der Waals surface area contributed by atoms with Crippen molar-refractivity contribution >= 4 is 22.4 Å². The van der Waals surface area contributed by atoms with Crippen LogP contribution in [0.3, 0.4) is 0 Å². The number of fused-ring (bicyclic) bond motifs is 1. The first-order chi connectivity index (χ1) is 12.0. The Balaban J connectivity index is 1.95. The predicted octanol–water partition coefficient (Wildman–Crippen LogP) is 3.16. The van der Waals surface area contributed by atoms with Gasteiger partial charge in [0.05, 0.1) is 10.9 Å². The lowest BCUT2D eigenvalue weighted by molar-refractivity contribution is 0.263. The number of benzene rings is 2. The lowest BCUT2D eigenvalue weighted by Crippen LogP contribution is -2.19. The second kappa shape index (κ2) is 7.31. The maximum Gasteiger partial charge on any atom is 0.166 e. The molecule has 0 radical (unpaired) electrons. The molecular formula is C18H19FN4O2. The first-order valence-corrected chi connectivity index (χ1v) is 7.81. The molecule has 0 spiro atoms. The highest BCUT2D eigenvalue weighted by atomic mass is 19.1. The van der Waals surface area contributed by atoms with Gasteiger partial charge < -0.3 is 20.1 Å². The Morgan fingerprint density at radius 2 is 2.04 bits per heavy atom. The van der Waals surface area contributed by atoms with Crippen LogP contribution in [0, 0.1) is 5.82 Å². The van der Waals surface area contributed by atoms with E-state index in [1.807, 2.05) is 37.2 Å². The van der Waals surface area contributed by atoms with Gasteiger partial charge in [0.25, 0.3) is 0 Å². The molecule has 0 aliphatic rings. The second-order valence-electron chi connectivity index (χ2n) is 5.82. The van der Waals surface area contributed by atoms with Gasteiger partial charge in [0.1, 0.15) is 24.5 Å². The number of phenols is 1. The van der Waals surface area contributed by atoms with Crippen molar-refractivity contribution in [2.45, 2.75) is 0 Å². The fourth-order valence-corrected chi connectivity index (χ4v) is 2.35. The first-order valence-electron chi connectivity index (χ1n) is 7.81. The highest BCUT2D eigenvalue weighted by Gasteiger charge is 2.11. The van der Waals surface area contributed by atoms with E-state index in [0.29, 0.717) is 23.9 Å². The minimum atomic E-state index is -0.703. The molecule has 0 saturated heterocycles. The molecule has 7 heteroatoms. The number of aromatic nitrogens is 2. The van der Waals surface area contributed by atoms with Crippen LogP contribution in [0.4, 0.5) is 15.9 Å². The van der Waals surface area contributed by atoms with Gasteiger partial charge >= 0.3 is 0 Å². The van der Waals surface area contributed by atoms with E-state index in [1.54, 1.807) is 6.07 Å². The molecule has 1 aromatic heterocycles. The largest absolute Gasteiger partial charge is 0.505 e. The maximum absolute atomic E-state index is 13.6. The van der Waals surface area contributed by atoms with Crippen LogP contribution in [0.5, 0.6) is 11.5 Å². The van der Waals surface area contributed by atoms with Crippen LogP contribution < -0.4 is 10.1 Å². The highest BCUT2D eigenvalue weighted by Crippen LogP contribution is 2.32. The number of rotatable bonds is 6. The Labute approximate surface area is 144 Å². The van der Waals surface area contributed by atoms with Gasteiger partial charge in [-0.1, -0.05) is 6.07 Å². The van der Waals surface area contributed by atoms with Gasteiger partial charge in [-0.2, -0.15) is 0 Å². The summed E-state index contributed by atoms with van der Waals surface area (Å²) in [4.78, 5) is 10.6.